The van der Waals surface area contributed by atoms with Crippen molar-refractivity contribution in [2.24, 2.45) is 11.8 Å². The van der Waals surface area contributed by atoms with Gasteiger partial charge in [0.25, 0.3) is 0 Å². The number of carbonyl (C=O) groups is 1. The monoisotopic (exact) mass is 616 g/mol. The molecular formula is C35H41BrN2O3. The van der Waals surface area contributed by atoms with Crippen molar-refractivity contribution >= 4 is 27.6 Å². The zero-order valence-corrected chi connectivity index (χ0v) is 25.8. The first-order valence-corrected chi connectivity index (χ1v) is 16.0. The molecule has 2 aromatic carbocycles. The van der Waals surface area contributed by atoms with E-state index < -0.39 is 11.5 Å². The number of aryl methyl sites for hydroxylation is 1. The average molecular weight is 618 g/mol. The molecule has 6 heteroatoms. The lowest BCUT2D eigenvalue weighted by atomic mass is 9.59. The SMILES string of the molecule is C[C@@H](COc1ccnc2c1[C@H](C)CCC2)CC1Cc2ccccc2C12CCC(Nc1cccc(Br)c1)(C(=O)O)CC2. The molecule has 1 unspecified atom stereocenters. The second kappa shape index (κ2) is 11.4. The van der Waals surface area contributed by atoms with Crippen molar-refractivity contribution in [1.82, 2.24) is 4.98 Å². The van der Waals surface area contributed by atoms with Crippen LogP contribution in [0.15, 0.2) is 65.3 Å². The van der Waals surface area contributed by atoms with Crippen LogP contribution in [0.25, 0.3) is 0 Å². The Bertz CT molecular complexity index is 1410. The van der Waals surface area contributed by atoms with Crippen LogP contribution in [0.4, 0.5) is 5.69 Å². The molecule has 3 aliphatic rings. The van der Waals surface area contributed by atoms with Gasteiger partial charge in [-0.25, -0.2) is 4.79 Å². The Labute approximate surface area is 252 Å². The lowest BCUT2D eigenvalue weighted by Crippen LogP contribution is -2.53. The highest BCUT2D eigenvalue weighted by molar-refractivity contribution is 9.10. The molecule has 0 bridgehead atoms. The van der Waals surface area contributed by atoms with Gasteiger partial charge in [0.15, 0.2) is 0 Å². The van der Waals surface area contributed by atoms with E-state index in [1.807, 2.05) is 36.5 Å². The summed E-state index contributed by atoms with van der Waals surface area (Å²) in [4.78, 5) is 17.4. The molecule has 3 aromatic rings. The third kappa shape index (κ3) is 5.40. The third-order valence-corrected chi connectivity index (χ3v) is 10.7. The first-order valence-electron chi connectivity index (χ1n) is 15.3. The van der Waals surface area contributed by atoms with Crippen molar-refractivity contribution in [1.29, 1.82) is 0 Å². The number of carboxylic acid groups (broad SMARTS) is 1. The number of nitrogens with one attached hydrogen (secondary N) is 1. The van der Waals surface area contributed by atoms with Gasteiger partial charge in [0.05, 0.1) is 6.61 Å². The van der Waals surface area contributed by atoms with E-state index >= 15 is 0 Å². The molecule has 1 fully saturated rings. The summed E-state index contributed by atoms with van der Waals surface area (Å²) in [5.74, 6) is 1.61. The van der Waals surface area contributed by atoms with Gasteiger partial charge in [-0.3, -0.25) is 4.98 Å². The molecule has 2 N–H and O–H groups in total. The van der Waals surface area contributed by atoms with E-state index in [1.165, 1.54) is 35.2 Å². The fraction of sp³-hybridized carbons (Fsp3) is 0.486. The van der Waals surface area contributed by atoms with Gasteiger partial charge < -0.3 is 15.2 Å². The molecule has 0 saturated heterocycles. The number of benzene rings is 2. The van der Waals surface area contributed by atoms with Crippen molar-refractivity contribution in [2.75, 3.05) is 11.9 Å². The molecule has 1 heterocycles. The van der Waals surface area contributed by atoms with E-state index in [4.69, 9.17) is 4.74 Å². The van der Waals surface area contributed by atoms with Crippen molar-refractivity contribution in [2.45, 2.75) is 88.5 Å². The van der Waals surface area contributed by atoms with Gasteiger partial charge in [-0.2, -0.15) is 0 Å². The van der Waals surface area contributed by atoms with E-state index in [1.54, 1.807) is 0 Å². The summed E-state index contributed by atoms with van der Waals surface area (Å²) in [6.07, 6.45) is 10.4. The number of aliphatic carboxylic acids is 1. The second-order valence-corrected chi connectivity index (χ2v) is 13.8. The van der Waals surface area contributed by atoms with Crippen LogP contribution in [0.3, 0.4) is 0 Å². The van der Waals surface area contributed by atoms with Crippen molar-refractivity contribution in [3.8, 4) is 5.75 Å². The van der Waals surface area contributed by atoms with Crippen LogP contribution in [0.2, 0.25) is 0 Å². The third-order valence-electron chi connectivity index (χ3n) is 10.2. The predicted molar refractivity (Wildman–Crippen MR) is 167 cm³/mol. The first-order chi connectivity index (χ1) is 19.8. The molecule has 3 aliphatic carbocycles. The number of pyridine rings is 1. The minimum Gasteiger partial charge on any atom is -0.493 e. The van der Waals surface area contributed by atoms with Gasteiger partial charge in [-0.1, -0.05) is 60.1 Å². The van der Waals surface area contributed by atoms with Crippen LogP contribution in [0.1, 0.15) is 87.1 Å². The molecule has 1 spiro atoms. The molecule has 0 amide bonds. The average Bonchev–Trinajstić information content (AvgIpc) is 3.25. The van der Waals surface area contributed by atoms with E-state index in [0.717, 1.165) is 48.0 Å². The number of fused-ring (bicyclic) bond motifs is 3. The molecule has 3 atom stereocenters. The lowest BCUT2D eigenvalue weighted by Gasteiger charge is -2.47. The summed E-state index contributed by atoms with van der Waals surface area (Å²) in [6, 6.07) is 18.8. The van der Waals surface area contributed by atoms with Crippen LogP contribution >= 0.6 is 15.9 Å². The molecule has 1 saturated carbocycles. The number of aromatic nitrogens is 1. The Hall–Kier alpha value is -2.86. The van der Waals surface area contributed by atoms with Crippen LogP contribution in [-0.4, -0.2) is 28.2 Å². The standard InChI is InChI=1S/C35H41BrN2O3/c1-23(22-41-31-13-18-37-30-12-5-7-24(2)32(30)31)19-26-20-25-8-3-4-11-29(25)34(26)14-16-35(17-15-34,33(39)40)38-28-10-6-9-27(36)21-28/h3-4,6,8-11,13,18,21,23-24,26,38H,5,7,12,14-17,19-20,22H2,1-2H3,(H,39,40)/t23-,24-,26?,34?,35?/m1/s1. The maximum Gasteiger partial charge on any atom is 0.329 e. The van der Waals surface area contributed by atoms with E-state index in [0.29, 0.717) is 37.2 Å². The largest absolute Gasteiger partial charge is 0.493 e. The number of hydrogen-bond donors (Lipinski definition) is 2. The Balaban J connectivity index is 1.19. The minimum absolute atomic E-state index is 0.00704. The Morgan fingerprint density at radius 3 is 2.73 bits per heavy atom. The first kappa shape index (κ1) is 28.3. The van der Waals surface area contributed by atoms with Crippen LogP contribution in [0.5, 0.6) is 5.75 Å². The fourth-order valence-corrected chi connectivity index (χ4v) is 8.46. The van der Waals surface area contributed by atoms with E-state index in [9.17, 15) is 9.90 Å². The van der Waals surface area contributed by atoms with Gasteiger partial charge in [0.1, 0.15) is 11.3 Å². The minimum atomic E-state index is -0.958. The summed E-state index contributed by atoms with van der Waals surface area (Å²) >= 11 is 3.53. The summed E-state index contributed by atoms with van der Waals surface area (Å²) in [7, 11) is 0. The van der Waals surface area contributed by atoms with Gasteiger partial charge in [-0.15, -0.1) is 0 Å². The Kier molecular flexibility index (Phi) is 7.88. The molecule has 5 nitrogen and oxygen atoms in total. The summed E-state index contributed by atoms with van der Waals surface area (Å²) in [6.45, 7) is 5.30. The lowest BCUT2D eigenvalue weighted by molar-refractivity contribution is -0.144. The molecule has 0 aliphatic heterocycles. The zero-order valence-electron chi connectivity index (χ0n) is 24.2. The summed E-state index contributed by atoms with van der Waals surface area (Å²) < 4.78 is 7.45. The van der Waals surface area contributed by atoms with Crippen molar-refractivity contribution < 1.29 is 14.6 Å². The van der Waals surface area contributed by atoms with Crippen molar-refractivity contribution in [3.05, 3.63) is 87.7 Å². The van der Waals surface area contributed by atoms with Crippen LogP contribution < -0.4 is 10.1 Å². The van der Waals surface area contributed by atoms with E-state index in [-0.39, 0.29) is 5.41 Å². The summed E-state index contributed by atoms with van der Waals surface area (Å²) in [5.41, 5.74) is 5.29. The quantitative estimate of drug-likeness (QED) is 0.266. The zero-order chi connectivity index (χ0) is 28.6. The van der Waals surface area contributed by atoms with Crippen LogP contribution in [0, 0.1) is 11.8 Å². The fourth-order valence-electron chi connectivity index (χ4n) is 8.06. The molecule has 0 radical (unpaired) electrons. The highest BCUT2D eigenvalue weighted by Gasteiger charge is 2.54. The number of halogens is 1. The number of nitrogens with zero attached hydrogens (tertiary/aromatic N) is 1. The van der Waals surface area contributed by atoms with Gasteiger partial charge in [0.2, 0.25) is 0 Å². The molecule has 216 valence electrons. The normalized spacial score (nSPS) is 27.6. The molecule has 41 heavy (non-hydrogen) atoms. The van der Waals surface area contributed by atoms with E-state index in [2.05, 4.69) is 64.3 Å². The maximum atomic E-state index is 12.7. The maximum absolute atomic E-state index is 12.7. The van der Waals surface area contributed by atoms with Gasteiger partial charge in [0, 0.05) is 27.6 Å². The Morgan fingerprint density at radius 2 is 1.95 bits per heavy atom. The van der Waals surface area contributed by atoms with Gasteiger partial charge >= 0.3 is 5.97 Å². The molecule has 6 rings (SSSR count). The Morgan fingerprint density at radius 1 is 1.15 bits per heavy atom. The number of ether oxygens (including phenoxy) is 1. The molecule has 1 aromatic heterocycles. The second-order valence-electron chi connectivity index (χ2n) is 12.9. The van der Waals surface area contributed by atoms with Crippen molar-refractivity contribution in [3.63, 3.8) is 0 Å². The number of hydrogen-bond acceptors (Lipinski definition) is 4. The number of carboxylic acids is 1. The summed E-state index contributed by atoms with van der Waals surface area (Å²) in [5, 5.41) is 13.9. The topological polar surface area (TPSA) is 71.5 Å². The highest BCUT2D eigenvalue weighted by Crippen LogP contribution is 2.56. The smallest absolute Gasteiger partial charge is 0.329 e. The highest BCUT2D eigenvalue weighted by atomic mass is 79.9. The number of rotatable bonds is 8. The predicted octanol–water partition coefficient (Wildman–Crippen LogP) is 8.31. The number of anilines is 1. The van der Waals surface area contributed by atoms with Gasteiger partial charge in [-0.05, 0) is 116 Å². The van der Waals surface area contributed by atoms with Crippen LogP contribution in [-0.2, 0) is 23.1 Å². The molecular weight excluding hydrogens is 576 g/mol.